The molecule has 2 aliphatic rings. The van der Waals surface area contributed by atoms with Crippen LogP contribution in [0.3, 0.4) is 0 Å². The molecule has 0 bridgehead atoms. The molecule has 2 heterocycles. The highest BCUT2D eigenvalue weighted by atomic mass is 32.2. The highest BCUT2D eigenvalue weighted by molar-refractivity contribution is 7.93. The van der Waals surface area contributed by atoms with Gasteiger partial charge in [-0.3, -0.25) is 0 Å². The second kappa shape index (κ2) is 6.44. The van der Waals surface area contributed by atoms with Crippen LogP contribution in [0.25, 0.3) is 0 Å². The largest absolute Gasteiger partial charge is 0.537 e. The number of carbonyl (C=O) groups is 1. The summed E-state index contributed by atoms with van der Waals surface area (Å²) < 4.78 is 31.1. The summed E-state index contributed by atoms with van der Waals surface area (Å²) in [7, 11) is -2.45. The Labute approximate surface area is 159 Å². The van der Waals surface area contributed by atoms with Crippen LogP contribution in [-0.2, 0) is 26.1 Å². The van der Waals surface area contributed by atoms with Gasteiger partial charge < -0.3 is 10.1 Å². The number of carbonyl (C=O) groups excluding carboxylic acids is 1. The molecule has 0 aromatic heterocycles. The molecule has 1 N–H and O–H groups in total. The number of hydrogen-bond acceptors (Lipinski definition) is 5. The summed E-state index contributed by atoms with van der Waals surface area (Å²) in [5.41, 5.74) is 2.04. The normalized spacial score (nSPS) is 25.1. The predicted octanol–water partition coefficient (Wildman–Crippen LogP) is 2.88. The smallest absolute Gasteiger partial charge is 0.414 e. The minimum absolute atomic E-state index is 0.0414. The first-order valence-corrected chi connectivity index (χ1v) is 10.5. The fourth-order valence-corrected chi connectivity index (χ4v) is 6.78. The van der Waals surface area contributed by atoms with Crippen LogP contribution in [0.1, 0.15) is 24.0 Å². The van der Waals surface area contributed by atoms with Crippen molar-refractivity contribution in [1.82, 2.24) is 9.21 Å². The zero-order chi connectivity index (χ0) is 19.1. The molecule has 0 aliphatic carbocycles. The average molecular weight is 387 g/mol. The minimum Gasteiger partial charge on any atom is -0.414 e. The molecule has 1 saturated heterocycles. The summed E-state index contributed by atoms with van der Waals surface area (Å²) in [5, 5.41) is 3.22. The number of hydrogen-bond donors (Lipinski definition) is 1. The van der Waals surface area contributed by atoms with E-state index < -0.39 is 24.8 Å². The van der Waals surface area contributed by atoms with Crippen molar-refractivity contribution in [3.05, 3.63) is 65.7 Å². The molecule has 2 aromatic carbocycles. The summed E-state index contributed by atoms with van der Waals surface area (Å²) >= 11 is 0. The Kier molecular flexibility index (Phi) is 4.33. The third-order valence-corrected chi connectivity index (χ3v) is 8.72. The maximum absolute atomic E-state index is 13.7. The van der Waals surface area contributed by atoms with Gasteiger partial charge in [-0.2, -0.15) is 13.2 Å². The third-order valence-electron chi connectivity index (χ3n) is 5.79. The lowest BCUT2D eigenvalue weighted by molar-refractivity contribution is 0.124. The van der Waals surface area contributed by atoms with Crippen LogP contribution in [0.15, 0.2) is 54.6 Å². The molecule has 1 amide bonds. The van der Waals surface area contributed by atoms with E-state index in [1.165, 1.54) is 7.05 Å². The Balaban J connectivity index is 1.76. The van der Waals surface area contributed by atoms with E-state index in [2.05, 4.69) is 5.32 Å². The molecule has 7 heteroatoms. The fourth-order valence-electron chi connectivity index (χ4n) is 4.25. The molecule has 2 aromatic rings. The van der Waals surface area contributed by atoms with Crippen LogP contribution >= 0.6 is 0 Å². The van der Waals surface area contributed by atoms with Crippen molar-refractivity contribution in [3.63, 3.8) is 0 Å². The van der Waals surface area contributed by atoms with Gasteiger partial charge in [-0.15, -0.1) is 0 Å². The van der Waals surface area contributed by atoms with Gasteiger partial charge in [-0.05, 0) is 31.5 Å². The van der Waals surface area contributed by atoms with Gasteiger partial charge in [0.2, 0.25) is 0 Å². The molecule has 0 radical (unpaired) electrons. The summed E-state index contributed by atoms with van der Waals surface area (Å²) in [4.78, 5) is 13.1. The summed E-state index contributed by atoms with van der Waals surface area (Å²) in [5.74, 6) is 0. The van der Waals surface area contributed by atoms with Gasteiger partial charge in [0.25, 0.3) is 0 Å². The van der Waals surface area contributed by atoms with E-state index in [4.69, 9.17) is 4.74 Å². The van der Waals surface area contributed by atoms with Crippen LogP contribution in [0.5, 0.6) is 0 Å². The van der Waals surface area contributed by atoms with Gasteiger partial charge in [0.1, 0.15) is 6.61 Å². The lowest BCUT2D eigenvalue weighted by Crippen LogP contribution is -2.58. The summed E-state index contributed by atoms with van der Waals surface area (Å²) in [6.45, 7) is 1.25. The molecular formula is C20H23N2O4S+. The van der Waals surface area contributed by atoms with Crippen molar-refractivity contribution in [2.45, 2.75) is 24.2 Å². The molecule has 4 rings (SSSR count). The van der Waals surface area contributed by atoms with Crippen molar-refractivity contribution in [2.24, 2.45) is 0 Å². The number of piperidine rings is 1. The molecule has 27 heavy (non-hydrogen) atoms. The van der Waals surface area contributed by atoms with Crippen molar-refractivity contribution < 1.29 is 17.9 Å². The van der Waals surface area contributed by atoms with Crippen molar-refractivity contribution in [1.29, 1.82) is 0 Å². The van der Waals surface area contributed by atoms with Gasteiger partial charge in [0.15, 0.2) is 10.4 Å². The van der Waals surface area contributed by atoms with E-state index >= 15 is 0 Å². The first-order valence-electron chi connectivity index (χ1n) is 9.07. The molecule has 6 nitrogen and oxygen atoms in total. The van der Waals surface area contributed by atoms with Crippen LogP contribution in [0.4, 0.5) is 10.5 Å². The molecule has 1 unspecified atom stereocenters. The minimum atomic E-state index is -3.89. The van der Waals surface area contributed by atoms with E-state index in [0.29, 0.717) is 31.6 Å². The van der Waals surface area contributed by atoms with Crippen molar-refractivity contribution in [3.8, 4) is 0 Å². The Morgan fingerprint density at radius 1 is 1.07 bits per heavy atom. The van der Waals surface area contributed by atoms with E-state index in [1.807, 2.05) is 42.5 Å². The standard InChI is InChI=1S/C20H23N2O4S/c1-22(19(23)26-15-16-7-3-2-4-8-16)18-10-6-5-9-17(18)20(27(22,24)25)11-13-21-14-12-20/h2-10,21H,11-15H2,1H3/q+1. The predicted molar refractivity (Wildman–Crippen MR) is 103 cm³/mol. The molecular weight excluding hydrogens is 364 g/mol. The van der Waals surface area contributed by atoms with E-state index in [-0.39, 0.29) is 6.61 Å². The summed E-state index contributed by atoms with van der Waals surface area (Å²) in [6.07, 6.45) is 0.139. The Bertz CT molecular complexity index is 968. The number of nitrogens with zero attached hydrogens (tertiary/aromatic N) is 1. The first-order chi connectivity index (χ1) is 12.9. The van der Waals surface area contributed by atoms with Crippen LogP contribution < -0.4 is 9.21 Å². The van der Waals surface area contributed by atoms with Crippen molar-refractivity contribution in [2.75, 3.05) is 20.1 Å². The van der Waals surface area contributed by atoms with Crippen LogP contribution in [0, 0.1) is 0 Å². The van der Waals surface area contributed by atoms with Gasteiger partial charge in [0, 0.05) is 11.6 Å². The Morgan fingerprint density at radius 3 is 2.41 bits per heavy atom. The number of quaternary nitrogens is 1. The van der Waals surface area contributed by atoms with Gasteiger partial charge >= 0.3 is 16.1 Å². The quantitative estimate of drug-likeness (QED) is 0.803. The lowest BCUT2D eigenvalue weighted by Gasteiger charge is -2.33. The number of nitrogens with one attached hydrogen (secondary N) is 1. The highest BCUT2D eigenvalue weighted by Gasteiger charge is 2.69. The van der Waals surface area contributed by atoms with Crippen LogP contribution in [0.2, 0.25) is 0 Å². The first kappa shape index (κ1) is 18.2. The highest BCUT2D eigenvalue weighted by Crippen LogP contribution is 2.55. The summed E-state index contributed by atoms with van der Waals surface area (Å²) in [6, 6.07) is 16.4. The van der Waals surface area contributed by atoms with Gasteiger partial charge in [0.05, 0.1) is 7.05 Å². The number of benzene rings is 2. The van der Waals surface area contributed by atoms with E-state index in [9.17, 15) is 13.2 Å². The van der Waals surface area contributed by atoms with Gasteiger partial charge in [-0.25, -0.2) is 0 Å². The number of sulfonamides is 1. The monoisotopic (exact) mass is 387 g/mol. The van der Waals surface area contributed by atoms with Crippen LogP contribution in [-0.4, -0.2) is 34.6 Å². The second-order valence-electron chi connectivity index (χ2n) is 7.20. The number of para-hydroxylation sites is 1. The molecule has 142 valence electrons. The molecule has 1 spiro atoms. The Hall–Kier alpha value is -2.22. The topological polar surface area (TPSA) is 72.5 Å². The average Bonchev–Trinajstić information content (AvgIpc) is 2.85. The SMILES string of the molecule is C[N+]1(C(=O)OCc2ccccc2)c2ccccc2C2(CCNCC2)S1(=O)=O. The molecule has 0 saturated carbocycles. The zero-order valence-electron chi connectivity index (χ0n) is 15.2. The number of amides is 1. The van der Waals surface area contributed by atoms with E-state index in [1.54, 1.807) is 12.1 Å². The second-order valence-corrected chi connectivity index (χ2v) is 9.66. The molecule has 1 fully saturated rings. The lowest BCUT2D eigenvalue weighted by atomic mass is 9.88. The third kappa shape index (κ3) is 2.46. The molecule has 2 aliphatic heterocycles. The number of ether oxygens (including phenoxy) is 1. The molecule has 1 atom stereocenters. The Morgan fingerprint density at radius 2 is 1.70 bits per heavy atom. The number of fused-ring (bicyclic) bond motifs is 2. The van der Waals surface area contributed by atoms with Gasteiger partial charge in [-0.1, -0.05) is 52.4 Å². The van der Waals surface area contributed by atoms with E-state index in [0.717, 1.165) is 11.1 Å². The zero-order valence-corrected chi connectivity index (χ0v) is 16.0. The number of rotatable bonds is 2. The van der Waals surface area contributed by atoms with Crippen molar-refractivity contribution >= 4 is 21.8 Å². The maximum atomic E-state index is 13.7. The fraction of sp³-hybridized carbons (Fsp3) is 0.350. The maximum Gasteiger partial charge on any atom is 0.537 e.